The van der Waals surface area contributed by atoms with Gasteiger partial charge in [0.1, 0.15) is 24.0 Å². The molecule has 0 aliphatic heterocycles. The van der Waals surface area contributed by atoms with E-state index in [4.69, 9.17) is 14.2 Å². The third kappa shape index (κ3) is 5.39. The molecule has 0 atom stereocenters. The summed E-state index contributed by atoms with van der Waals surface area (Å²) in [5.74, 6) is 1.06. The predicted octanol–water partition coefficient (Wildman–Crippen LogP) is 4.20. The fourth-order valence-electron chi connectivity index (χ4n) is 2.40. The van der Waals surface area contributed by atoms with Gasteiger partial charge < -0.3 is 19.5 Å². The Bertz CT molecular complexity index is 913. The first-order valence-electron chi connectivity index (χ1n) is 8.69. The van der Waals surface area contributed by atoms with Gasteiger partial charge in [0.2, 0.25) is 0 Å². The van der Waals surface area contributed by atoms with Crippen molar-refractivity contribution in [2.75, 3.05) is 25.6 Å². The predicted molar refractivity (Wildman–Crippen MR) is 109 cm³/mol. The van der Waals surface area contributed by atoms with E-state index < -0.39 is 5.91 Å². The average Bonchev–Trinajstić information content (AvgIpc) is 2.72. The summed E-state index contributed by atoms with van der Waals surface area (Å²) >= 11 is 0. The Kier molecular flexibility index (Phi) is 7.67. The SMILES string of the molecule is C=CCOc1ccc(/C=C(\C#N)C(=O)Nc2ccccc2OCC)cc1OC. The number of para-hydroxylation sites is 2. The van der Waals surface area contributed by atoms with Crippen molar-refractivity contribution in [3.8, 4) is 23.3 Å². The summed E-state index contributed by atoms with van der Waals surface area (Å²) in [4.78, 5) is 12.5. The third-order valence-corrected chi connectivity index (χ3v) is 3.66. The zero-order chi connectivity index (χ0) is 20.4. The first-order valence-corrected chi connectivity index (χ1v) is 8.69. The normalized spacial score (nSPS) is 10.5. The first kappa shape index (κ1) is 20.6. The van der Waals surface area contributed by atoms with Crippen molar-refractivity contribution in [1.82, 2.24) is 0 Å². The number of carbonyl (C=O) groups is 1. The number of methoxy groups -OCH3 is 1. The summed E-state index contributed by atoms with van der Waals surface area (Å²) in [6.07, 6.45) is 3.11. The molecule has 6 heteroatoms. The quantitative estimate of drug-likeness (QED) is 0.402. The number of hydrogen-bond acceptors (Lipinski definition) is 5. The number of amides is 1. The van der Waals surface area contributed by atoms with Crippen LogP contribution in [-0.4, -0.2) is 26.2 Å². The molecule has 0 heterocycles. The number of rotatable bonds is 9. The van der Waals surface area contributed by atoms with Crippen LogP contribution in [0.2, 0.25) is 0 Å². The fraction of sp³-hybridized carbons (Fsp3) is 0.182. The van der Waals surface area contributed by atoms with Gasteiger partial charge in [0, 0.05) is 0 Å². The van der Waals surface area contributed by atoms with Crippen LogP contribution in [-0.2, 0) is 4.79 Å². The summed E-state index contributed by atoms with van der Waals surface area (Å²) in [5, 5.41) is 12.1. The van der Waals surface area contributed by atoms with Gasteiger partial charge in [-0.15, -0.1) is 0 Å². The van der Waals surface area contributed by atoms with Crippen molar-refractivity contribution < 1.29 is 19.0 Å². The van der Waals surface area contributed by atoms with Crippen LogP contribution in [0.4, 0.5) is 5.69 Å². The van der Waals surface area contributed by atoms with Gasteiger partial charge in [-0.05, 0) is 42.8 Å². The fourth-order valence-corrected chi connectivity index (χ4v) is 2.40. The van der Waals surface area contributed by atoms with Crippen molar-refractivity contribution in [1.29, 1.82) is 5.26 Å². The van der Waals surface area contributed by atoms with Gasteiger partial charge in [0.05, 0.1) is 19.4 Å². The van der Waals surface area contributed by atoms with E-state index in [0.29, 0.717) is 41.7 Å². The number of nitrogens with zero attached hydrogens (tertiary/aromatic N) is 1. The molecular formula is C22H22N2O4. The number of benzene rings is 2. The van der Waals surface area contributed by atoms with Crippen LogP contribution >= 0.6 is 0 Å². The second kappa shape index (κ2) is 10.4. The van der Waals surface area contributed by atoms with Gasteiger partial charge in [0.15, 0.2) is 11.5 Å². The maximum absolute atomic E-state index is 12.5. The molecule has 0 fully saturated rings. The minimum atomic E-state index is -0.527. The molecule has 144 valence electrons. The highest BCUT2D eigenvalue weighted by Gasteiger charge is 2.13. The van der Waals surface area contributed by atoms with Crippen molar-refractivity contribution in [3.63, 3.8) is 0 Å². The van der Waals surface area contributed by atoms with E-state index >= 15 is 0 Å². The summed E-state index contributed by atoms with van der Waals surface area (Å²) in [7, 11) is 1.52. The van der Waals surface area contributed by atoms with Crippen molar-refractivity contribution in [2.24, 2.45) is 0 Å². The minimum absolute atomic E-state index is 0.0480. The Labute approximate surface area is 164 Å². The number of anilines is 1. The molecule has 6 nitrogen and oxygen atoms in total. The van der Waals surface area contributed by atoms with Gasteiger partial charge in [-0.1, -0.05) is 30.9 Å². The number of nitrogens with one attached hydrogen (secondary N) is 1. The van der Waals surface area contributed by atoms with Crippen LogP contribution in [0.15, 0.2) is 60.7 Å². The zero-order valence-corrected chi connectivity index (χ0v) is 15.9. The Hall–Kier alpha value is -3.72. The standard InChI is InChI=1S/C22H22N2O4/c1-4-12-28-20-11-10-16(14-21(20)26-3)13-17(15-23)22(25)24-18-8-6-7-9-19(18)27-5-2/h4,6-11,13-14H,1,5,12H2,2-3H3,(H,24,25)/b17-13+. The molecule has 0 spiro atoms. The molecule has 0 unspecified atom stereocenters. The van der Waals surface area contributed by atoms with Crippen LogP contribution in [0.25, 0.3) is 6.08 Å². The van der Waals surface area contributed by atoms with Crippen molar-refractivity contribution >= 4 is 17.7 Å². The maximum atomic E-state index is 12.5. The van der Waals surface area contributed by atoms with Crippen LogP contribution in [0, 0.1) is 11.3 Å². The van der Waals surface area contributed by atoms with Crippen molar-refractivity contribution in [2.45, 2.75) is 6.92 Å². The number of ether oxygens (including phenoxy) is 3. The van der Waals surface area contributed by atoms with Gasteiger partial charge in [-0.2, -0.15) is 5.26 Å². The highest BCUT2D eigenvalue weighted by molar-refractivity contribution is 6.10. The Balaban J connectivity index is 2.25. The number of nitriles is 1. The van der Waals surface area contributed by atoms with Crippen LogP contribution < -0.4 is 19.5 Å². The van der Waals surface area contributed by atoms with Gasteiger partial charge in [-0.3, -0.25) is 4.79 Å². The van der Waals surface area contributed by atoms with Crippen LogP contribution in [0.3, 0.4) is 0 Å². The van der Waals surface area contributed by atoms with E-state index in [1.54, 1.807) is 42.5 Å². The molecule has 28 heavy (non-hydrogen) atoms. The molecule has 2 aromatic carbocycles. The lowest BCUT2D eigenvalue weighted by molar-refractivity contribution is -0.112. The minimum Gasteiger partial charge on any atom is -0.493 e. The third-order valence-electron chi connectivity index (χ3n) is 3.66. The van der Waals surface area contributed by atoms with E-state index in [1.807, 2.05) is 19.1 Å². The topological polar surface area (TPSA) is 80.6 Å². The summed E-state index contributed by atoms with van der Waals surface area (Å²) in [6.45, 7) is 6.27. The van der Waals surface area contributed by atoms with Gasteiger partial charge in [-0.25, -0.2) is 0 Å². The summed E-state index contributed by atoms with van der Waals surface area (Å²) in [6, 6.07) is 14.1. The Morgan fingerprint density at radius 1 is 1.18 bits per heavy atom. The second-order valence-electron chi connectivity index (χ2n) is 5.56. The molecule has 1 N–H and O–H groups in total. The van der Waals surface area contributed by atoms with Crippen LogP contribution in [0.1, 0.15) is 12.5 Å². The monoisotopic (exact) mass is 378 g/mol. The van der Waals surface area contributed by atoms with E-state index in [0.717, 1.165) is 0 Å². The molecule has 0 aliphatic carbocycles. The molecule has 0 aromatic heterocycles. The highest BCUT2D eigenvalue weighted by Crippen LogP contribution is 2.29. The van der Waals surface area contributed by atoms with Gasteiger partial charge >= 0.3 is 0 Å². The molecule has 0 bridgehead atoms. The van der Waals surface area contributed by atoms with Crippen LogP contribution in [0.5, 0.6) is 17.2 Å². The molecule has 2 aromatic rings. The molecule has 1 amide bonds. The maximum Gasteiger partial charge on any atom is 0.266 e. The number of carbonyl (C=O) groups excluding carboxylic acids is 1. The lowest BCUT2D eigenvalue weighted by Crippen LogP contribution is -2.14. The summed E-state index contributed by atoms with van der Waals surface area (Å²) in [5.41, 5.74) is 1.09. The molecule has 0 saturated heterocycles. The average molecular weight is 378 g/mol. The van der Waals surface area contributed by atoms with E-state index in [-0.39, 0.29) is 5.57 Å². The molecule has 2 rings (SSSR count). The zero-order valence-electron chi connectivity index (χ0n) is 15.9. The highest BCUT2D eigenvalue weighted by atomic mass is 16.5. The lowest BCUT2D eigenvalue weighted by atomic mass is 10.1. The smallest absolute Gasteiger partial charge is 0.266 e. The second-order valence-corrected chi connectivity index (χ2v) is 5.56. The number of hydrogen-bond donors (Lipinski definition) is 1. The first-order chi connectivity index (χ1) is 13.6. The van der Waals surface area contributed by atoms with Crippen molar-refractivity contribution in [3.05, 3.63) is 66.3 Å². The van der Waals surface area contributed by atoms with E-state index in [9.17, 15) is 10.1 Å². The molecular weight excluding hydrogens is 356 g/mol. The Morgan fingerprint density at radius 3 is 2.64 bits per heavy atom. The lowest BCUT2D eigenvalue weighted by Gasteiger charge is -2.11. The van der Waals surface area contributed by atoms with E-state index in [2.05, 4.69) is 11.9 Å². The largest absolute Gasteiger partial charge is 0.493 e. The molecule has 0 saturated carbocycles. The van der Waals surface area contributed by atoms with Gasteiger partial charge in [0.25, 0.3) is 5.91 Å². The molecule has 0 radical (unpaired) electrons. The Morgan fingerprint density at radius 2 is 1.96 bits per heavy atom. The van der Waals surface area contributed by atoms with E-state index in [1.165, 1.54) is 13.2 Å². The molecule has 0 aliphatic rings. The summed E-state index contributed by atoms with van der Waals surface area (Å²) < 4.78 is 16.3.